The van der Waals surface area contributed by atoms with E-state index in [0.29, 0.717) is 25.7 Å². The Morgan fingerprint density at radius 3 is 2.28 bits per heavy atom. The third-order valence-electron chi connectivity index (χ3n) is 6.80. The van der Waals surface area contributed by atoms with Crippen LogP contribution in [0.5, 0.6) is 11.5 Å². The highest BCUT2D eigenvalue weighted by Crippen LogP contribution is 2.33. The summed E-state index contributed by atoms with van der Waals surface area (Å²) in [7, 11) is -4.30. The van der Waals surface area contributed by atoms with Gasteiger partial charge in [-0.05, 0) is 73.9 Å². The number of nitrogens with one attached hydrogen (secondary N) is 1. The fourth-order valence-electron chi connectivity index (χ4n) is 4.17. The molecule has 1 atom stereocenters. The number of benzene rings is 2. The second kappa shape index (κ2) is 13.4. The largest absolute Gasteiger partial charge is 0.573 e. The molecule has 0 aromatic heterocycles. The average molecular weight is 572 g/mol. The molecular formula is C28H36F3NO6S. The number of alkyl halides is 3. The standard InChI is InChI=1S/C28H36F3NO6S/c1-5-37-24-14-21(8-6-7-13-27(17-33,18-34)19(2)3)11-12-25(24)39(35,36)26(32)16-22-10-9-20(4)23(15-22)38-28(29,30)31/h9-12,14-15,17,19,32,34H,5-8,13,16,18H2,1-4H3/t27-/m0/s1. The Kier molecular flexibility index (Phi) is 11.1. The number of aliphatic hydroxyl groups is 1. The zero-order valence-electron chi connectivity index (χ0n) is 22.6. The number of sulfone groups is 1. The first-order chi connectivity index (χ1) is 18.2. The summed E-state index contributed by atoms with van der Waals surface area (Å²) in [6.45, 7) is 6.87. The Hall–Kier alpha value is -2.92. The Balaban J connectivity index is 2.19. The van der Waals surface area contributed by atoms with E-state index in [2.05, 4.69) is 4.74 Å². The van der Waals surface area contributed by atoms with Gasteiger partial charge in [-0.3, -0.25) is 5.41 Å². The van der Waals surface area contributed by atoms with E-state index < -0.39 is 38.8 Å². The molecule has 2 aromatic carbocycles. The molecule has 0 aliphatic heterocycles. The van der Waals surface area contributed by atoms with Gasteiger partial charge in [-0.1, -0.05) is 38.5 Å². The van der Waals surface area contributed by atoms with E-state index in [9.17, 15) is 31.5 Å². The summed E-state index contributed by atoms with van der Waals surface area (Å²) >= 11 is 0. The van der Waals surface area contributed by atoms with E-state index in [1.165, 1.54) is 25.1 Å². The highest BCUT2D eigenvalue weighted by atomic mass is 32.2. The quantitative estimate of drug-likeness (QED) is 0.128. The Labute approximate surface area is 227 Å². The molecular weight excluding hydrogens is 535 g/mol. The van der Waals surface area contributed by atoms with E-state index in [0.717, 1.165) is 17.9 Å². The number of carbonyl (C=O) groups is 1. The maximum absolute atomic E-state index is 13.3. The molecule has 0 fully saturated rings. The molecule has 11 heteroatoms. The highest BCUT2D eigenvalue weighted by Gasteiger charge is 2.33. The van der Waals surface area contributed by atoms with Crippen molar-refractivity contribution in [3.63, 3.8) is 0 Å². The van der Waals surface area contributed by atoms with Crippen molar-refractivity contribution in [1.29, 1.82) is 5.41 Å². The lowest BCUT2D eigenvalue weighted by atomic mass is 9.75. The minimum absolute atomic E-state index is 0.00646. The van der Waals surface area contributed by atoms with Gasteiger partial charge in [0.1, 0.15) is 27.7 Å². The molecule has 0 heterocycles. The van der Waals surface area contributed by atoms with Gasteiger partial charge in [0.2, 0.25) is 9.84 Å². The number of ether oxygens (including phenoxy) is 2. The van der Waals surface area contributed by atoms with Crippen molar-refractivity contribution in [3.05, 3.63) is 53.1 Å². The molecule has 0 amide bonds. The number of rotatable bonds is 14. The van der Waals surface area contributed by atoms with E-state index in [-0.39, 0.29) is 40.9 Å². The zero-order chi connectivity index (χ0) is 29.4. The van der Waals surface area contributed by atoms with Gasteiger partial charge in [0.05, 0.1) is 18.6 Å². The van der Waals surface area contributed by atoms with E-state index in [4.69, 9.17) is 10.1 Å². The molecule has 7 nitrogen and oxygen atoms in total. The van der Waals surface area contributed by atoms with Gasteiger partial charge in [-0.25, -0.2) is 8.42 Å². The first kappa shape index (κ1) is 32.3. The fourth-order valence-corrected chi connectivity index (χ4v) is 5.42. The lowest BCUT2D eigenvalue weighted by Crippen LogP contribution is -2.33. The van der Waals surface area contributed by atoms with Crippen molar-refractivity contribution in [2.24, 2.45) is 11.3 Å². The van der Waals surface area contributed by atoms with Crippen LogP contribution in [0.4, 0.5) is 13.2 Å². The number of unbranched alkanes of at least 4 members (excludes halogenated alkanes) is 1. The highest BCUT2D eigenvalue weighted by molar-refractivity contribution is 8.06. The molecule has 39 heavy (non-hydrogen) atoms. The van der Waals surface area contributed by atoms with Crippen LogP contribution in [0, 0.1) is 23.7 Å². The molecule has 0 spiro atoms. The lowest BCUT2D eigenvalue weighted by molar-refractivity contribution is -0.274. The molecule has 0 radical (unpaired) electrons. The van der Waals surface area contributed by atoms with Crippen LogP contribution < -0.4 is 9.47 Å². The zero-order valence-corrected chi connectivity index (χ0v) is 23.4. The molecule has 2 N–H and O–H groups in total. The summed E-state index contributed by atoms with van der Waals surface area (Å²) in [5.74, 6) is -0.375. The monoisotopic (exact) mass is 571 g/mol. The van der Waals surface area contributed by atoms with Crippen LogP contribution in [0.2, 0.25) is 0 Å². The van der Waals surface area contributed by atoms with Crippen molar-refractivity contribution in [1.82, 2.24) is 0 Å². The van der Waals surface area contributed by atoms with E-state index >= 15 is 0 Å². The Morgan fingerprint density at radius 2 is 1.72 bits per heavy atom. The molecule has 0 bridgehead atoms. The van der Waals surface area contributed by atoms with Crippen LogP contribution in [-0.2, 0) is 27.5 Å². The van der Waals surface area contributed by atoms with Crippen molar-refractivity contribution >= 4 is 21.2 Å². The van der Waals surface area contributed by atoms with Crippen molar-refractivity contribution in [3.8, 4) is 11.5 Å². The minimum atomic E-state index is -4.90. The van der Waals surface area contributed by atoms with Gasteiger partial charge in [-0.2, -0.15) is 0 Å². The smallest absolute Gasteiger partial charge is 0.492 e. The van der Waals surface area contributed by atoms with Gasteiger partial charge < -0.3 is 19.4 Å². The van der Waals surface area contributed by atoms with Crippen LogP contribution in [-0.4, -0.2) is 44.4 Å². The number of aliphatic hydroxyl groups excluding tert-OH is 1. The molecule has 2 rings (SSSR count). The second-order valence-electron chi connectivity index (χ2n) is 9.84. The van der Waals surface area contributed by atoms with Crippen LogP contribution >= 0.6 is 0 Å². The number of hydrogen-bond acceptors (Lipinski definition) is 7. The van der Waals surface area contributed by atoms with Crippen LogP contribution in [0.15, 0.2) is 41.3 Å². The molecule has 0 aliphatic rings. The van der Waals surface area contributed by atoms with Crippen molar-refractivity contribution < 1.29 is 41.0 Å². The number of aryl methyl sites for hydroxylation is 2. The van der Waals surface area contributed by atoms with Crippen LogP contribution in [0.1, 0.15) is 56.7 Å². The van der Waals surface area contributed by atoms with Crippen LogP contribution in [0.25, 0.3) is 0 Å². The fraction of sp³-hybridized carbons (Fsp3) is 0.500. The summed E-state index contributed by atoms with van der Waals surface area (Å²) < 4.78 is 74.2. The molecule has 216 valence electrons. The van der Waals surface area contributed by atoms with Gasteiger partial charge in [0, 0.05) is 6.42 Å². The minimum Gasteiger partial charge on any atom is -0.492 e. The Morgan fingerprint density at radius 1 is 1.08 bits per heavy atom. The third-order valence-corrected chi connectivity index (χ3v) is 8.51. The average Bonchev–Trinajstić information content (AvgIpc) is 2.85. The van der Waals surface area contributed by atoms with Crippen molar-refractivity contribution in [2.45, 2.75) is 71.1 Å². The van der Waals surface area contributed by atoms with Gasteiger partial charge in [0.15, 0.2) is 0 Å². The second-order valence-corrected chi connectivity index (χ2v) is 11.8. The predicted octanol–water partition coefficient (Wildman–Crippen LogP) is 5.83. The molecule has 2 aromatic rings. The van der Waals surface area contributed by atoms with Gasteiger partial charge in [0.25, 0.3) is 0 Å². The van der Waals surface area contributed by atoms with Crippen molar-refractivity contribution in [2.75, 3.05) is 13.2 Å². The summed E-state index contributed by atoms with van der Waals surface area (Å²) in [6.07, 6.45) is -2.01. The maximum atomic E-state index is 13.3. The van der Waals surface area contributed by atoms with Gasteiger partial charge >= 0.3 is 6.36 Å². The summed E-state index contributed by atoms with van der Waals surface area (Å²) in [5, 5.41) is 17.3. The number of aldehydes is 1. The number of carbonyl (C=O) groups excluding carboxylic acids is 1. The van der Waals surface area contributed by atoms with E-state index in [1.807, 2.05) is 13.8 Å². The maximum Gasteiger partial charge on any atom is 0.573 e. The van der Waals surface area contributed by atoms with E-state index in [1.54, 1.807) is 19.1 Å². The molecule has 0 saturated carbocycles. The Bertz CT molecular complexity index is 1260. The first-order valence-corrected chi connectivity index (χ1v) is 14.2. The molecule has 0 unspecified atom stereocenters. The normalized spacial score (nSPS) is 13.7. The summed E-state index contributed by atoms with van der Waals surface area (Å²) in [5.41, 5.74) is 0.420. The molecule has 0 aliphatic carbocycles. The number of halogens is 3. The predicted molar refractivity (Wildman–Crippen MR) is 142 cm³/mol. The number of hydrogen-bond donors (Lipinski definition) is 2. The van der Waals surface area contributed by atoms with Crippen LogP contribution in [0.3, 0.4) is 0 Å². The lowest BCUT2D eigenvalue weighted by Gasteiger charge is -2.29. The molecule has 0 saturated heterocycles. The topological polar surface area (TPSA) is 114 Å². The summed E-state index contributed by atoms with van der Waals surface area (Å²) in [6, 6.07) is 8.50. The van der Waals surface area contributed by atoms with Gasteiger partial charge in [-0.15, -0.1) is 13.2 Å². The SMILES string of the molecule is CCOc1cc(CCCC[C@](C=O)(CO)C(C)C)ccc1S(=O)(=O)C(=N)Cc1ccc(C)c(OC(F)(F)F)c1. The third kappa shape index (κ3) is 8.53. The first-order valence-electron chi connectivity index (χ1n) is 12.7. The summed E-state index contributed by atoms with van der Waals surface area (Å²) in [4.78, 5) is 11.4.